The van der Waals surface area contributed by atoms with Crippen LogP contribution in [0.3, 0.4) is 0 Å². The van der Waals surface area contributed by atoms with Gasteiger partial charge in [-0.15, -0.1) is 0 Å². The molecule has 0 fully saturated rings. The van der Waals surface area contributed by atoms with Gasteiger partial charge in [-0.2, -0.15) is 0 Å². The Labute approximate surface area is 211 Å². The van der Waals surface area contributed by atoms with Gasteiger partial charge in [0.1, 0.15) is 12.4 Å². The fourth-order valence-electron chi connectivity index (χ4n) is 3.86. The molecule has 3 nitrogen and oxygen atoms in total. The number of unbranched alkanes of at least 4 members (excludes halogenated alkanes) is 3. The molecule has 0 saturated carbocycles. The van der Waals surface area contributed by atoms with Crippen molar-refractivity contribution in [2.24, 2.45) is 0 Å². The molecule has 0 aliphatic carbocycles. The van der Waals surface area contributed by atoms with Crippen molar-refractivity contribution in [2.45, 2.75) is 58.5 Å². The smallest absolute Gasteiger partial charge is 0.119 e. The maximum atomic E-state index is 5.88. The van der Waals surface area contributed by atoms with Crippen LogP contribution in [0.1, 0.15) is 57.9 Å². The summed E-state index contributed by atoms with van der Waals surface area (Å²) in [5.74, 6) is 0.834. The second kappa shape index (κ2) is 15.0. The largest absolute Gasteiger partial charge is 0.490 e. The summed E-state index contributed by atoms with van der Waals surface area (Å²) in [6.07, 6.45) is 15.6. The maximum Gasteiger partial charge on any atom is 0.119 e. The first-order valence-electron chi connectivity index (χ1n) is 12.9. The summed E-state index contributed by atoms with van der Waals surface area (Å²) in [7, 11) is 0. The van der Waals surface area contributed by atoms with E-state index in [2.05, 4.69) is 74.0 Å². The standard InChI is InChI=1S/C32H39NO2/c1-4-6-10-24-34-26(3)11-8-7-9-12-27-13-15-28(16-14-27)30-19-22-32(33-25-30)29-17-20-31(21-18-29)35-23-5-2/h5,9,12-22,25-26H,2,4,6-8,10-11,23-24H2,1,3H3/b12-9+. The van der Waals surface area contributed by atoms with E-state index in [4.69, 9.17) is 9.47 Å². The Hall–Kier alpha value is -3.17. The van der Waals surface area contributed by atoms with Crippen molar-refractivity contribution in [1.82, 2.24) is 4.98 Å². The summed E-state index contributed by atoms with van der Waals surface area (Å²) in [6.45, 7) is 9.49. The minimum atomic E-state index is 0.357. The van der Waals surface area contributed by atoms with Gasteiger partial charge in [-0.05, 0) is 74.1 Å². The lowest BCUT2D eigenvalue weighted by molar-refractivity contribution is 0.0566. The molecule has 0 aliphatic heterocycles. The van der Waals surface area contributed by atoms with Crippen molar-refractivity contribution in [3.63, 3.8) is 0 Å². The molecule has 3 aromatic rings. The first kappa shape index (κ1) is 26.4. The van der Waals surface area contributed by atoms with E-state index in [1.165, 1.54) is 30.4 Å². The lowest BCUT2D eigenvalue weighted by atomic mass is 10.0. The summed E-state index contributed by atoms with van der Waals surface area (Å²) in [5, 5.41) is 0. The topological polar surface area (TPSA) is 31.4 Å². The molecule has 35 heavy (non-hydrogen) atoms. The average Bonchev–Trinajstić information content (AvgIpc) is 2.90. The van der Waals surface area contributed by atoms with Crippen LogP contribution >= 0.6 is 0 Å². The molecular formula is C32H39NO2. The highest BCUT2D eigenvalue weighted by Gasteiger charge is 2.03. The van der Waals surface area contributed by atoms with Crippen LogP contribution in [0.5, 0.6) is 5.75 Å². The predicted molar refractivity (Wildman–Crippen MR) is 149 cm³/mol. The molecule has 0 bridgehead atoms. The van der Waals surface area contributed by atoms with Crippen LogP contribution in [0.25, 0.3) is 28.5 Å². The molecule has 1 heterocycles. The predicted octanol–water partition coefficient (Wildman–Crippen LogP) is 8.76. The number of nitrogens with zero attached hydrogens (tertiary/aromatic N) is 1. The Kier molecular flexibility index (Phi) is 11.3. The number of hydrogen-bond donors (Lipinski definition) is 0. The third-order valence-electron chi connectivity index (χ3n) is 5.97. The average molecular weight is 470 g/mol. The van der Waals surface area contributed by atoms with Gasteiger partial charge in [0.25, 0.3) is 0 Å². The third-order valence-corrected chi connectivity index (χ3v) is 5.97. The fourth-order valence-corrected chi connectivity index (χ4v) is 3.86. The molecule has 0 N–H and O–H groups in total. The summed E-state index contributed by atoms with van der Waals surface area (Å²) in [4.78, 5) is 4.67. The number of hydrogen-bond acceptors (Lipinski definition) is 3. The van der Waals surface area contributed by atoms with E-state index >= 15 is 0 Å². The van der Waals surface area contributed by atoms with Crippen LogP contribution in [0, 0.1) is 0 Å². The second-order valence-corrected chi connectivity index (χ2v) is 8.90. The molecule has 3 heteroatoms. The number of pyridine rings is 1. The van der Waals surface area contributed by atoms with Gasteiger partial charge in [-0.3, -0.25) is 4.98 Å². The van der Waals surface area contributed by atoms with Crippen LogP contribution in [0.4, 0.5) is 0 Å². The zero-order valence-electron chi connectivity index (χ0n) is 21.3. The molecule has 1 aromatic heterocycles. The normalized spacial score (nSPS) is 12.1. The zero-order valence-corrected chi connectivity index (χ0v) is 21.3. The molecule has 3 rings (SSSR count). The maximum absolute atomic E-state index is 5.88. The number of benzene rings is 2. The van der Waals surface area contributed by atoms with Crippen molar-refractivity contribution in [3.8, 4) is 28.1 Å². The monoisotopic (exact) mass is 469 g/mol. The van der Waals surface area contributed by atoms with Gasteiger partial charge < -0.3 is 9.47 Å². The number of allylic oxidation sites excluding steroid dienone is 1. The molecule has 0 spiro atoms. The van der Waals surface area contributed by atoms with Gasteiger partial charge in [-0.25, -0.2) is 0 Å². The van der Waals surface area contributed by atoms with E-state index in [9.17, 15) is 0 Å². The summed E-state index contributed by atoms with van der Waals surface area (Å²) in [5.41, 5.74) is 5.53. The highest BCUT2D eigenvalue weighted by Crippen LogP contribution is 2.25. The van der Waals surface area contributed by atoms with Gasteiger partial charge in [-0.1, -0.05) is 74.9 Å². The molecule has 184 valence electrons. The van der Waals surface area contributed by atoms with E-state index in [1.807, 2.05) is 30.5 Å². The molecule has 0 saturated heterocycles. The third kappa shape index (κ3) is 9.18. The molecule has 0 aliphatic rings. The van der Waals surface area contributed by atoms with E-state index < -0.39 is 0 Å². The highest BCUT2D eigenvalue weighted by atomic mass is 16.5. The van der Waals surface area contributed by atoms with E-state index in [0.29, 0.717) is 12.7 Å². The Balaban J connectivity index is 1.45. The molecule has 2 aromatic carbocycles. The fraction of sp³-hybridized carbons (Fsp3) is 0.344. The Morgan fingerprint density at radius 3 is 2.31 bits per heavy atom. The molecule has 1 atom stereocenters. The van der Waals surface area contributed by atoms with Gasteiger partial charge in [0.05, 0.1) is 11.8 Å². The highest BCUT2D eigenvalue weighted by molar-refractivity contribution is 5.68. The van der Waals surface area contributed by atoms with Gasteiger partial charge in [0.15, 0.2) is 0 Å². The van der Waals surface area contributed by atoms with Crippen molar-refractivity contribution < 1.29 is 9.47 Å². The minimum absolute atomic E-state index is 0.357. The number of aromatic nitrogens is 1. The number of rotatable bonds is 15. The lowest BCUT2D eigenvalue weighted by Crippen LogP contribution is -2.08. The van der Waals surface area contributed by atoms with E-state index in [0.717, 1.165) is 48.4 Å². The van der Waals surface area contributed by atoms with Crippen LogP contribution in [-0.2, 0) is 4.74 Å². The Bertz CT molecular complexity index is 1020. The summed E-state index contributed by atoms with van der Waals surface area (Å²) < 4.78 is 11.4. The molecule has 0 radical (unpaired) electrons. The molecular weight excluding hydrogens is 430 g/mol. The summed E-state index contributed by atoms with van der Waals surface area (Å²) >= 11 is 0. The molecule has 0 amide bonds. The van der Waals surface area contributed by atoms with Crippen LogP contribution in [-0.4, -0.2) is 24.3 Å². The van der Waals surface area contributed by atoms with Crippen molar-refractivity contribution >= 4 is 6.08 Å². The van der Waals surface area contributed by atoms with E-state index in [1.54, 1.807) is 6.08 Å². The van der Waals surface area contributed by atoms with Crippen LogP contribution in [0.2, 0.25) is 0 Å². The van der Waals surface area contributed by atoms with E-state index in [-0.39, 0.29) is 0 Å². The van der Waals surface area contributed by atoms with Gasteiger partial charge in [0, 0.05) is 23.9 Å². The van der Waals surface area contributed by atoms with Gasteiger partial charge >= 0.3 is 0 Å². The quantitative estimate of drug-likeness (QED) is 0.165. The van der Waals surface area contributed by atoms with Crippen molar-refractivity contribution in [3.05, 3.63) is 91.2 Å². The lowest BCUT2D eigenvalue weighted by Gasteiger charge is -2.12. The Morgan fingerprint density at radius 1 is 0.886 bits per heavy atom. The molecule has 1 unspecified atom stereocenters. The van der Waals surface area contributed by atoms with Crippen molar-refractivity contribution in [1.29, 1.82) is 0 Å². The minimum Gasteiger partial charge on any atom is -0.490 e. The van der Waals surface area contributed by atoms with Gasteiger partial charge in [0.2, 0.25) is 0 Å². The van der Waals surface area contributed by atoms with Crippen LogP contribution < -0.4 is 4.74 Å². The van der Waals surface area contributed by atoms with Crippen molar-refractivity contribution in [2.75, 3.05) is 13.2 Å². The zero-order chi connectivity index (χ0) is 24.7. The Morgan fingerprint density at radius 2 is 1.63 bits per heavy atom. The van der Waals surface area contributed by atoms with Crippen LogP contribution in [0.15, 0.2) is 85.6 Å². The first-order chi connectivity index (χ1) is 17.2. The second-order valence-electron chi connectivity index (χ2n) is 8.90. The summed E-state index contributed by atoms with van der Waals surface area (Å²) in [6, 6.07) is 20.8. The number of ether oxygens (including phenoxy) is 2. The SMILES string of the molecule is C=CCOc1ccc(-c2ccc(-c3ccc(/C=C/CCCC(C)OCCCCC)cc3)cn2)cc1. The first-order valence-corrected chi connectivity index (χ1v) is 12.9.